The van der Waals surface area contributed by atoms with E-state index in [2.05, 4.69) is 33.2 Å². The topological polar surface area (TPSA) is 446 Å². The molecule has 0 heterocycles. The molecule has 0 saturated heterocycles. The van der Waals surface area contributed by atoms with E-state index >= 15 is 0 Å². The van der Waals surface area contributed by atoms with Crippen molar-refractivity contribution in [3.05, 3.63) is 0 Å². The van der Waals surface area contributed by atoms with Gasteiger partial charge in [0.1, 0.15) is 13.2 Å². The van der Waals surface area contributed by atoms with Gasteiger partial charge < -0.3 is 117 Å². The van der Waals surface area contributed by atoms with E-state index in [0.717, 1.165) is 25.7 Å². The zero-order valence-corrected chi connectivity index (χ0v) is 49.4. The quantitative estimate of drug-likeness (QED) is 0.0318. The van der Waals surface area contributed by atoms with Gasteiger partial charge in [0.25, 0.3) is 0 Å². The predicted molar refractivity (Wildman–Crippen MR) is 289 cm³/mol. The predicted octanol–water partition coefficient (Wildman–Crippen LogP) is 3.74. The van der Waals surface area contributed by atoms with Crippen molar-refractivity contribution in [3.8, 4) is 0 Å². The Bertz CT molecular complexity index is 1200. The normalized spacial score (nSPS) is 9.66. The van der Waals surface area contributed by atoms with Gasteiger partial charge in [0.15, 0.2) is 0 Å². The summed E-state index contributed by atoms with van der Waals surface area (Å²) in [4.78, 5) is 79.2. The molecule has 0 saturated carbocycles. The molecule has 0 aromatic carbocycles. The standard InChI is InChI=1S/C9H18O4.C7H14O4.5C6H12O4.C4H8O4/c1-12-7-8-13-6-4-2-3-5-9(10)11;1-10-5-6-11-4-2-3-7(8)9;4*1-9-4-5-10-3-2-6(7)8;1-2-3-9-4-5-10-6(7)8;1-7-2-3-8-4(5)6/h2-8H2,1H3,(H,10,11);2-6H2,1H3,(H,8,9);5*2-5H2,1H3,(H,7,8);2-3H2,1H3,(H,5,6). The summed E-state index contributed by atoms with van der Waals surface area (Å²) in [5.74, 6) is -4.84. The number of hydrogen-bond acceptors (Lipinski definition) is 24. The third kappa shape index (κ3) is 146. The lowest BCUT2D eigenvalue weighted by molar-refractivity contribution is -0.139. The zero-order valence-electron chi connectivity index (χ0n) is 49.4. The minimum Gasteiger partial charge on any atom is -0.481 e. The van der Waals surface area contributed by atoms with Crippen LogP contribution in [0.1, 0.15) is 77.6 Å². The smallest absolute Gasteiger partial charge is 0.481 e. The van der Waals surface area contributed by atoms with Crippen LogP contribution < -0.4 is 0 Å². The average Bonchev–Trinajstić information content (AvgIpc) is 3.41. The van der Waals surface area contributed by atoms with E-state index in [1.165, 1.54) is 7.11 Å². The van der Waals surface area contributed by atoms with Crippen LogP contribution in [0.2, 0.25) is 0 Å². The Kier molecular flexibility index (Phi) is 102. The molecule has 0 spiro atoms. The minimum absolute atomic E-state index is 0.0592. The number of aliphatic carboxylic acids is 6. The number of carboxylic acids is 6. The molecule has 0 amide bonds. The fourth-order valence-corrected chi connectivity index (χ4v) is 3.73. The maximum Gasteiger partial charge on any atom is 0.505 e. The van der Waals surface area contributed by atoms with Crippen molar-refractivity contribution < 1.29 is 155 Å². The van der Waals surface area contributed by atoms with E-state index in [1.807, 2.05) is 6.92 Å². The van der Waals surface area contributed by atoms with Crippen molar-refractivity contribution >= 4 is 48.1 Å². The molecule has 0 unspecified atom stereocenters. The first-order valence-electron chi connectivity index (χ1n) is 25.7. The molecule has 32 heteroatoms. The number of hydrogen-bond donors (Lipinski definition) is 8. The van der Waals surface area contributed by atoms with Gasteiger partial charge >= 0.3 is 48.1 Å². The Morgan fingerprint density at radius 2 is 0.451 bits per heavy atom. The summed E-state index contributed by atoms with van der Waals surface area (Å²) in [7, 11) is 11.0. The van der Waals surface area contributed by atoms with Crippen LogP contribution in [0.3, 0.4) is 0 Å². The molecule has 0 atom stereocenters. The molecule has 492 valence electrons. The van der Waals surface area contributed by atoms with E-state index in [9.17, 15) is 38.4 Å². The molecule has 8 N–H and O–H groups in total. The molecule has 0 radical (unpaired) electrons. The third-order valence-corrected chi connectivity index (χ3v) is 7.61. The van der Waals surface area contributed by atoms with Gasteiger partial charge in [-0.15, -0.1) is 0 Å². The Hall–Kier alpha value is -5.20. The van der Waals surface area contributed by atoms with Gasteiger partial charge in [-0.25, -0.2) is 9.59 Å². The number of carbonyl (C=O) groups is 8. The number of ether oxygens (including phenoxy) is 16. The second-order valence-corrected chi connectivity index (χ2v) is 14.7. The highest BCUT2D eigenvalue weighted by Gasteiger charge is 2.00. The van der Waals surface area contributed by atoms with Crippen LogP contribution in [0.5, 0.6) is 0 Å². The lowest BCUT2D eigenvalue weighted by Gasteiger charge is -2.02. The fourth-order valence-electron chi connectivity index (χ4n) is 3.73. The summed E-state index contributed by atoms with van der Waals surface area (Å²) >= 11 is 0. The maximum absolute atomic E-state index is 10.1. The molecule has 0 aromatic rings. The van der Waals surface area contributed by atoms with Crippen LogP contribution in [-0.2, 0) is 105 Å². The van der Waals surface area contributed by atoms with E-state index in [0.29, 0.717) is 119 Å². The second-order valence-electron chi connectivity index (χ2n) is 14.7. The monoisotopic (exact) mass is 1210 g/mol. The molecule has 0 aliphatic rings. The van der Waals surface area contributed by atoms with Crippen LogP contribution >= 0.6 is 0 Å². The van der Waals surface area contributed by atoms with Gasteiger partial charge in [0, 0.05) is 82.4 Å². The van der Waals surface area contributed by atoms with Crippen LogP contribution in [-0.4, -0.2) is 291 Å². The molecule has 0 rings (SSSR count). The van der Waals surface area contributed by atoms with Crippen LogP contribution in [0.4, 0.5) is 9.59 Å². The minimum atomic E-state index is -1.26. The Morgan fingerprint density at radius 1 is 0.232 bits per heavy atom. The van der Waals surface area contributed by atoms with Crippen molar-refractivity contribution in [2.45, 2.75) is 77.6 Å². The van der Waals surface area contributed by atoms with Crippen molar-refractivity contribution in [2.75, 3.05) is 202 Å². The maximum atomic E-state index is 10.1. The van der Waals surface area contributed by atoms with Gasteiger partial charge in [-0.1, -0.05) is 13.3 Å². The van der Waals surface area contributed by atoms with Crippen molar-refractivity contribution in [2.24, 2.45) is 0 Å². The van der Waals surface area contributed by atoms with Crippen LogP contribution in [0.15, 0.2) is 0 Å². The molecule has 0 aliphatic heterocycles. The average molecular weight is 1210 g/mol. The number of unbranched alkanes of at least 4 members (excludes halogenated alkanes) is 2. The summed E-state index contributed by atoms with van der Waals surface area (Å²) in [6.45, 7) is 12.0. The van der Waals surface area contributed by atoms with Gasteiger partial charge in [-0.05, 0) is 25.7 Å². The van der Waals surface area contributed by atoms with E-state index < -0.39 is 48.1 Å². The number of rotatable bonds is 48. The SMILES string of the molecule is CCCOCCOC(=O)O.COCCOC(=O)O.COCCOCCC(=O)O.COCCOCCC(=O)O.COCCOCCC(=O)O.COCCOCCC(=O)O.COCCOCCCC(=O)O.COCCOCCCCCC(=O)O. The van der Waals surface area contributed by atoms with Gasteiger partial charge in [0.2, 0.25) is 0 Å². The first-order valence-corrected chi connectivity index (χ1v) is 25.7. The summed E-state index contributed by atoms with van der Waals surface area (Å²) in [6.07, 6.45) is 2.25. The highest BCUT2D eigenvalue weighted by molar-refractivity contribution is 5.68. The van der Waals surface area contributed by atoms with Crippen LogP contribution in [0, 0.1) is 0 Å². The summed E-state index contributed by atoms with van der Waals surface area (Å²) in [6, 6.07) is 0. The van der Waals surface area contributed by atoms with E-state index in [-0.39, 0.29) is 78.2 Å². The lowest BCUT2D eigenvalue weighted by atomic mass is 10.2. The second kappa shape index (κ2) is 89.6. The molecule has 0 aliphatic carbocycles. The van der Waals surface area contributed by atoms with Crippen molar-refractivity contribution in [1.82, 2.24) is 0 Å². The van der Waals surface area contributed by atoms with Crippen molar-refractivity contribution in [1.29, 1.82) is 0 Å². The van der Waals surface area contributed by atoms with E-state index in [4.69, 9.17) is 83.5 Å². The van der Waals surface area contributed by atoms with Gasteiger partial charge in [0.05, 0.1) is 145 Å². The molecule has 82 heavy (non-hydrogen) atoms. The van der Waals surface area contributed by atoms with Crippen molar-refractivity contribution in [3.63, 3.8) is 0 Å². The van der Waals surface area contributed by atoms with Gasteiger partial charge in [-0.3, -0.25) is 28.8 Å². The molecular weight excluding hydrogens is 1110 g/mol. The Balaban J connectivity index is -0.000000128. The van der Waals surface area contributed by atoms with Crippen LogP contribution in [0.25, 0.3) is 0 Å². The molecule has 32 nitrogen and oxygen atoms in total. The first-order chi connectivity index (χ1) is 39.2. The number of methoxy groups -OCH3 is 7. The largest absolute Gasteiger partial charge is 0.505 e. The Morgan fingerprint density at radius 3 is 0.707 bits per heavy atom. The first kappa shape index (κ1) is 93.2. The Labute approximate surface area is 481 Å². The third-order valence-electron chi connectivity index (χ3n) is 7.61. The summed E-state index contributed by atoms with van der Waals surface area (Å²) in [5, 5.41) is 65.1. The number of carboxylic acid groups (broad SMARTS) is 8. The molecule has 0 aromatic heterocycles. The highest BCUT2D eigenvalue weighted by atomic mass is 16.7. The zero-order chi connectivity index (χ0) is 64.0. The molecule has 0 bridgehead atoms. The van der Waals surface area contributed by atoms with E-state index in [1.54, 1.807) is 42.7 Å². The summed E-state index contributed by atoms with van der Waals surface area (Å²) < 4.78 is 75.7. The fraction of sp³-hybridized carbons (Fsp3) is 0.840. The van der Waals surface area contributed by atoms with Gasteiger partial charge in [-0.2, -0.15) is 0 Å². The highest BCUT2D eigenvalue weighted by Crippen LogP contribution is 2.00. The lowest BCUT2D eigenvalue weighted by Crippen LogP contribution is -2.08. The molecular formula is C50H100O32. The summed E-state index contributed by atoms with van der Waals surface area (Å²) in [5.41, 5.74) is 0. The molecule has 0 fully saturated rings.